The first-order chi connectivity index (χ1) is 12.1. The standard InChI is InChI=1S/C17H14FN5O2/c18-13-9-5-4-8-12(13)15(16(19)24)20-17(25)14-10-23(22-21-14)11-6-2-1-3-7-11/h1-10,15H,(H2,19,24)(H,20,25)/t15-/m0/s1. The minimum atomic E-state index is -1.31. The lowest BCUT2D eigenvalue weighted by atomic mass is 10.1. The van der Waals surface area contributed by atoms with Crippen LogP contribution < -0.4 is 11.1 Å². The summed E-state index contributed by atoms with van der Waals surface area (Å²) in [5.41, 5.74) is 5.98. The fraction of sp³-hybridized carbons (Fsp3) is 0.0588. The van der Waals surface area contributed by atoms with Gasteiger partial charge in [-0.3, -0.25) is 9.59 Å². The van der Waals surface area contributed by atoms with Crippen molar-refractivity contribution in [2.45, 2.75) is 6.04 Å². The number of para-hydroxylation sites is 1. The van der Waals surface area contributed by atoms with Crippen LogP contribution in [0.1, 0.15) is 22.1 Å². The average Bonchev–Trinajstić information content (AvgIpc) is 3.11. The Kier molecular flexibility index (Phi) is 4.51. The van der Waals surface area contributed by atoms with Crippen molar-refractivity contribution in [3.63, 3.8) is 0 Å². The molecule has 0 saturated heterocycles. The van der Waals surface area contributed by atoms with E-state index in [9.17, 15) is 14.0 Å². The van der Waals surface area contributed by atoms with E-state index in [2.05, 4.69) is 15.6 Å². The van der Waals surface area contributed by atoms with Crippen molar-refractivity contribution in [1.29, 1.82) is 0 Å². The van der Waals surface area contributed by atoms with Crippen molar-refractivity contribution < 1.29 is 14.0 Å². The lowest BCUT2D eigenvalue weighted by Crippen LogP contribution is -2.38. The van der Waals surface area contributed by atoms with Crippen molar-refractivity contribution in [3.8, 4) is 5.69 Å². The van der Waals surface area contributed by atoms with Gasteiger partial charge in [0.15, 0.2) is 5.69 Å². The molecule has 3 aromatic rings. The first kappa shape index (κ1) is 16.3. The van der Waals surface area contributed by atoms with E-state index in [1.54, 1.807) is 18.2 Å². The van der Waals surface area contributed by atoms with Gasteiger partial charge in [0.1, 0.15) is 11.9 Å². The molecular weight excluding hydrogens is 325 g/mol. The molecule has 0 aliphatic heterocycles. The Morgan fingerprint density at radius 3 is 2.44 bits per heavy atom. The molecule has 7 nitrogen and oxygen atoms in total. The Bertz CT molecular complexity index is 910. The molecule has 0 aliphatic rings. The summed E-state index contributed by atoms with van der Waals surface area (Å²) < 4.78 is 15.3. The van der Waals surface area contributed by atoms with E-state index in [-0.39, 0.29) is 11.3 Å². The van der Waals surface area contributed by atoms with E-state index in [1.807, 2.05) is 18.2 Å². The predicted octanol–water partition coefficient (Wildman–Crippen LogP) is 1.36. The van der Waals surface area contributed by atoms with Crippen molar-refractivity contribution in [2.75, 3.05) is 0 Å². The van der Waals surface area contributed by atoms with Crippen LogP contribution in [0.5, 0.6) is 0 Å². The van der Waals surface area contributed by atoms with Crippen LogP contribution in [0.25, 0.3) is 5.69 Å². The number of carbonyl (C=O) groups excluding carboxylic acids is 2. The number of aromatic nitrogens is 3. The number of hydrogen-bond donors (Lipinski definition) is 2. The molecule has 0 aliphatic carbocycles. The largest absolute Gasteiger partial charge is 0.368 e. The summed E-state index contributed by atoms with van der Waals surface area (Å²) in [6.07, 6.45) is 1.41. The number of nitrogens with two attached hydrogens (primary N) is 1. The second-order valence-corrected chi connectivity index (χ2v) is 5.21. The maximum Gasteiger partial charge on any atom is 0.274 e. The third-order valence-corrected chi connectivity index (χ3v) is 3.52. The van der Waals surface area contributed by atoms with Gasteiger partial charge in [0.05, 0.1) is 11.9 Å². The number of nitrogens with one attached hydrogen (secondary N) is 1. The second kappa shape index (κ2) is 6.91. The second-order valence-electron chi connectivity index (χ2n) is 5.21. The predicted molar refractivity (Wildman–Crippen MR) is 87.2 cm³/mol. The van der Waals surface area contributed by atoms with Gasteiger partial charge in [-0.25, -0.2) is 9.07 Å². The zero-order chi connectivity index (χ0) is 17.8. The molecule has 0 unspecified atom stereocenters. The maximum atomic E-state index is 13.9. The highest BCUT2D eigenvalue weighted by Crippen LogP contribution is 2.17. The summed E-state index contributed by atoms with van der Waals surface area (Å²) in [5, 5.41) is 10.0. The van der Waals surface area contributed by atoms with E-state index in [0.29, 0.717) is 0 Å². The Morgan fingerprint density at radius 2 is 1.76 bits per heavy atom. The number of rotatable bonds is 5. The first-order valence-electron chi connectivity index (χ1n) is 7.38. The zero-order valence-electron chi connectivity index (χ0n) is 13.0. The fourth-order valence-corrected chi connectivity index (χ4v) is 2.29. The Hall–Kier alpha value is -3.55. The molecule has 25 heavy (non-hydrogen) atoms. The van der Waals surface area contributed by atoms with Crippen LogP contribution >= 0.6 is 0 Å². The molecule has 0 saturated carbocycles. The van der Waals surface area contributed by atoms with Crippen molar-refractivity contribution in [3.05, 3.63) is 77.9 Å². The Morgan fingerprint density at radius 1 is 1.08 bits per heavy atom. The lowest BCUT2D eigenvalue weighted by molar-refractivity contribution is -0.120. The van der Waals surface area contributed by atoms with E-state index >= 15 is 0 Å². The zero-order valence-corrected chi connectivity index (χ0v) is 13.0. The van der Waals surface area contributed by atoms with Crippen LogP contribution in [0.4, 0.5) is 4.39 Å². The molecule has 0 spiro atoms. The molecule has 126 valence electrons. The normalized spacial score (nSPS) is 11.7. The van der Waals surface area contributed by atoms with Crippen molar-refractivity contribution >= 4 is 11.8 Å². The molecular formula is C17H14FN5O2. The summed E-state index contributed by atoms with van der Waals surface area (Å²) in [6, 6.07) is 13.3. The van der Waals surface area contributed by atoms with Gasteiger partial charge in [0.25, 0.3) is 5.91 Å². The summed E-state index contributed by atoms with van der Waals surface area (Å²) >= 11 is 0. The highest BCUT2D eigenvalue weighted by Gasteiger charge is 2.25. The monoisotopic (exact) mass is 339 g/mol. The number of primary amides is 1. The number of carbonyl (C=O) groups is 2. The van der Waals surface area contributed by atoms with Gasteiger partial charge in [-0.1, -0.05) is 41.6 Å². The Balaban J connectivity index is 1.82. The van der Waals surface area contributed by atoms with Crippen molar-refractivity contribution in [1.82, 2.24) is 20.3 Å². The summed E-state index contributed by atoms with van der Waals surface area (Å²) in [4.78, 5) is 24.0. The average molecular weight is 339 g/mol. The van der Waals surface area contributed by atoms with Crippen LogP contribution in [0, 0.1) is 5.82 Å². The van der Waals surface area contributed by atoms with Crippen LogP contribution in [0.15, 0.2) is 60.8 Å². The highest BCUT2D eigenvalue weighted by atomic mass is 19.1. The number of amides is 2. The molecule has 0 radical (unpaired) electrons. The number of nitrogens with zero attached hydrogens (tertiary/aromatic N) is 3. The van der Waals surface area contributed by atoms with Crippen LogP contribution in [-0.4, -0.2) is 26.8 Å². The van der Waals surface area contributed by atoms with Crippen molar-refractivity contribution in [2.24, 2.45) is 5.73 Å². The quantitative estimate of drug-likeness (QED) is 0.732. The fourth-order valence-electron chi connectivity index (χ4n) is 2.29. The van der Waals surface area contributed by atoms with Crippen LogP contribution in [0.2, 0.25) is 0 Å². The summed E-state index contributed by atoms with van der Waals surface area (Å²) in [7, 11) is 0. The van der Waals surface area contributed by atoms with E-state index in [0.717, 1.165) is 5.69 Å². The molecule has 3 N–H and O–H groups in total. The SMILES string of the molecule is NC(=O)[C@@H](NC(=O)c1cn(-c2ccccc2)nn1)c1ccccc1F. The topological polar surface area (TPSA) is 103 Å². The molecule has 1 atom stereocenters. The van der Waals surface area contributed by atoms with Gasteiger partial charge in [-0.2, -0.15) is 0 Å². The molecule has 1 aromatic heterocycles. The first-order valence-corrected chi connectivity index (χ1v) is 7.38. The van der Waals surface area contributed by atoms with Gasteiger partial charge in [0, 0.05) is 5.56 Å². The molecule has 0 bridgehead atoms. The van der Waals surface area contributed by atoms with E-state index in [1.165, 1.54) is 29.1 Å². The van der Waals surface area contributed by atoms with E-state index < -0.39 is 23.7 Å². The van der Waals surface area contributed by atoms with Gasteiger partial charge in [0.2, 0.25) is 5.91 Å². The number of benzene rings is 2. The minimum absolute atomic E-state index is 0.0150. The highest BCUT2D eigenvalue weighted by molar-refractivity contribution is 5.96. The summed E-state index contributed by atoms with van der Waals surface area (Å²) in [5.74, 6) is -2.21. The maximum absolute atomic E-state index is 13.9. The van der Waals surface area contributed by atoms with Gasteiger partial charge in [-0.05, 0) is 18.2 Å². The number of halogens is 1. The van der Waals surface area contributed by atoms with Gasteiger partial charge < -0.3 is 11.1 Å². The molecule has 1 heterocycles. The van der Waals surface area contributed by atoms with E-state index in [4.69, 9.17) is 5.73 Å². The molecule has 3 rings (SSSR count). The van der Waals surface area contributed by atoms with Gasteiger partial charge >= 0.3 is 0 Å². The lowest BCUT2D eigenvalue weighted by Gasteiger charge is -2.15. The number of hydrogen-bond acceptors (Lipinski definition) is 4. The molecule has 0 fully saturated rings. The smallest absolute Gasteiger partial charge is 0.274 e. The van der Waals surface area contributed by atoms with Crippen LogP contribution in [-0.2, 0) is 4.79 Å². The third kappa shape index (κ3) is 3.52. The molecule has 8 heteroatoms. The third-order valence-electron chi connectivity index (χ3n) is 3.52. The molecule has 2 aromatic carbocycles. The van der Waals surface area contributed by atoms with Gasteiger partial charge in [-0.15, -0.1) is 5.10 Å². The van der Waals surface area contributed by atoms with Crippen LogP contribution in [0.3, 0.4) is 0 Å². The Labute approximate surface area is 142 Å². The molecule has 2 amide bonds. The minimum Gasteiger partial charge on any atom is -0.368 e. The summed E-state index contributed by atoms with van der Waals surface area (Å²) in [6.45, 7) is 0.